The molecule has 1 aliphatic heterocycles. The molecule has 130 valence electrons. The number of ketones is 2. The molecule has 0 amide bonds. The summed E-state index contributed by atoms with van der Waals surface area (Å²) in [7, 11) is -1.12. The highest BCUT2D eigenvalue weighted by Gasteiger charge is 2.37. The van der Waals surface area contributed by atoms with Crippen LogP contribution in [0.1, 0.15) is 50.9 Å². The average Bonchev–Trinajstić information content (AvgIpc) is 3.09. The van der Waals surface area contributed by atoms with Crippen molar-refractivity contribution < 1.29 is 19.3 Å². The largest absolute Gasteiger partial charge is 0.535 e. The quantitative estimate of drug-likeness (QED) is 0.680. The molecule has 1 atom stereocenters. The van der Waals surface area contributed by atoms with Gasteiger partial charge in [0.05, 0.1) is 11.3 Å². The zero-order chi connectivity index (χ0) is 18.3. The minimum absolute atomic E-state index is 0.0700. The normalized spacial score (nSPS) is 17.5. The Hall–Kier alpha value is -2.73. The van der Waals surface area contributed by atoms with E-state index in [4.69, 9.17) is 4.65 Å². The first-order chi connectivity index (χ1) is 12.5. The van der Waals surface area contributed by atoms with Gasteiger partial charge in [-0.3, -0.25) is 14.6 Å². The number of nitrogens with zero attached hydrogens (tertiary/aromatic N) is 1. The van der Waals surface area contributed by atoms with Crippen LogP contribution in [0, 0.1) is 0 Å². The maximum atomic E-state index is 12.7. The molecule has 2 aromatic rings. The molecule has 2 aliphatic rings. The molecule has 1 aliphatic carbocycles. The zero-order valence-corrected chi connectivity index (χ0v) is 14.4. The molecular formula is C20H18BNO4. The Morgan fingerprint density at radius 1 is 1.38 bits per heavy atom. The topological polar surface area (TPSA) is 76.5 Å². The van der Waals surface area contributed by atoms with Gasteiger partial charge in [-0.15, -0.1) is 0 Å². The standard InChI is InChI=1S/C20H18BNO4/c1-12(23)17-6-2-5-14-9-16(21(25)26-20(14)17)10-19(24)15-8-13-4-3-7-18(13)22-11-15/h2-6,8,11,16,25H,7,9-10H2,1H3/t16-/m1/s1. The van der Waals surface area contributed by atoms with E-state index >= 15 is 0 Å². The molecule has 4 rings (SSSR count). The maximum absolute atomic E-state index is 12.7. The van der Waals surface area contributed by atoms with Gasteiger partial charge in [-0.1, -0.05) is 24.3 Å². The lowest BCUT2D eigenvalue weighted by Crippen LogP contribution is -2.35. The maximum Gasteiger partial charge on any atom is 0.526 e. The van der Waals surface area contributed by atoms with Gasteiger partial charge in [0.1, 0.15) is 5.75 Å². The lowest BCUT2D eigenvalue weighted by Gasteiger charge is -2.28. The predicted molar refractivity (Wildman–Crippen MR) is 98.4 cm³/mol. The molecule has 0 saturated carbocycles. The number of hydrogen-bond acceptors (Lipinski definition) is 5. The fourth-order valence-electron chi connectivity index (χ4n) is 3.57. The molecular weight excluding hydrogens is 329 g/mol. The summed E-state index contributed by atoms with van der Waals surface area (Å²) in [6.07, 6.45) is 7.04. The molecule has 26 heavy (non-hydrogen) atoms. The number of aromatic nitrogens is 1. The monoisotopic (exact) mass is 347 g/mol. The SMILES string of the molecule is CC(=O)c1cccc2c1OB(O)[C@@H](CC(=O)c1cnc3c(c1)C=CC3)C2. The molecule has 1 N–H and O–H groups in total. The molecule has 1 aromatic heterocycles. The van der Waals surface area contributed by atoms with Crippen LogP contribution in [-0.4, -0.2) is 28.7 Å². The van der Waals surface area contributed by atoms with Crippen molar-refractivity contribution in [3.8, 4) is 5.75 Å². The second kappa shape index (κ2) is 6.54. The number of benzene rings is 1. The molecule has 0 fully saturated rings. The van der Waals surface area contributed by atoms with E-state index in [0.29, 0.717) is 23.3 Å². The van der Waals surface area contributed by atoms with Crippen molar-refractivity contribution >= 4 is 24.8 Å². The third-order valence-electron chi connectivity index (χ3n) is 4.98. The molecule has 1 aromatic carbocycles. The Bertz CT molecular complexity index is 937. The van der Waals surface area contributed by atoms with Crippen LogP contribution in [0.3, 0.4) is 0 Å². The summed E-state index contributed by atoms with van der Waals surface area (Å²) in [6, 6.07) is 7.20. The molecule has 0 bridgehead atoms. The van der Waals surface area contributed by atoms with Crippen molar-refractivity contribution in [2.75, 3.05) is 0 Å². The molecule has 6 heteroatoms. The Kier molecular flexibility index (Phi) is 4.21. The van der Waals surface area contributed by atoms with Gasteiger partial charge >= 0.3 is 7.12 Å². The highest BCUT2D eigenvalue weighted by Crippen LogP contribution is 2.37. The summed E-state index contributed by atoms with van der Waals surface area (Å²) in [5.41, 5.74) is 3.81. The fourth-order valence-corrected chi connectivity index (χ4v) is 3.57. The number of para-hydroxylation sites is 1. The Morgan fingerprint density at radius 3 is 3.04 bits per heavy atom. The van der Waals surface area contributed by atoms with Crippen molar-refractivity contribution in [2.45, 2.75) is 32.0 Å². The molecule has 2 heterocycles. The van der Waals surface area contributed by atoms with Gasteiger partial charge in [-0.25, -0.2) is 0 Å². The summed E-state index contributed by atoms with van der Waals surface area (Å²) in [5, 5.41) is 10.4. The van der Waals surface area contributed by atoms with Gasteiger partial charge in [0.15, 0.2) is 11.6 Å². The van der Waals surface area contributed by atoms with Gasteiger partial charge < -0.3 is 9.68 Å². The van der Waals surface area contributed by atoms with Gasteiger partial charge in [0.2, 0.25) is 0 Å². The number of Topliss-reactive ketones (excluding diaryl/α,β-unsaturated/α-hetero) is 2. The van der Waals surface area contributed by atoms with E-state index in [1.54, 1.807) is 18.3 Å². The van der Waals surface area contributed by atoms with Gasteiger partial charge in [-0.2, -0.15) is 0 Å². The highest BCUT2D eigenvalue weighted by molar-refractivity contribution is 6.47. The van der Waals surface area contributed by atoms with Crippen LogP contribution < -0.4 is 4.65 Å². The van der Waals surface area contributed by atoms with Gasteiger partial charge in [0, 0.05) is 30.4 Å². The minimum Gasteiger partial charge on any atom is -0.535 e. The third kappa shape index (κ3) is 2.97. The van der Waals surface area contributed by atoms with Crippen LogP contribution >= 0.6 is 0 Å². The number of allylic oxidation sites excluding steroid dienone is 1. The summed E-state index contributed by atoms with van der Waals surface area (Å²) in [6.45, 7) is 1.47. The summed E-state index contributed by atoms with van der Waals surface area (Å²) < 4.78 is 5.60. The first-order valence-corrected chi connectivity index (χ1v) is 8.69. The smallest absolute Gasteiger partial charge is 0.526 e. The number of hydrogen-bond donors (Lipinski definition) is 1. The number of carbonyl (C=O) groups is 2. The van der Waals surface area contributed by atoms with Crippen LogP contribution in [0.15, 0.2) is 36.5 Å². The van der Waals surface area contributed by atoms with Crippen molar-refractivity contribution in [1.29, 1.82) is 0 Å². The third-order valence-corrected chi connectivity index (χ3v) is 4.98. The van der Waals surface area contributed by atoms with Crippen LogP contribution in [-0.2, 0) is 12.8 Å². The fraction of sp³-hybridized carbons (Fsp3) is 0.250. The lowest BCUT2D eigenvalue weighted by molar-refractivity contribution is 0.0971. The van der Waals surface area contributed by atoms with Gasteiger partial charge in [0.25, 0.3) is 0 Å². The van der Waals surface area contributed by atoms with Crippen LogP contribution in [0.2, 0.25) is 5.82 Å². The summed E-state index contributed by atoms with van der Waals surface area (Å²) >= 11 is 0. The van der Waals surface area contributed by atoms with Crippen LogP contribution in [0.4, 0.5) is 0 Å². The van der Waals surface area contributed by atoms with Crippen molar-refractivity contribution in [3.63, 3.8) is 0 Å². The van der Waals surface area contributed by atoms with E-state index in [9.17, 15) is 14.6 Å². The van der Waals surface area contributed by atoms with Crippen LogP contribution in [0.25, 0.3) is 6.08 Å². The summed E-state index contributed by atoms with van der Waals surface area (Å²) in [4.78, 5) is 28.7. The zero-order valence-electron chi connectivity index (χ0n) is 14.4. The van der Waals surface area contributed by atoms with E-state index in [2.05, 4.69) is 4.98 Å². The molecule has 5 nitrogen and oxygen atoms in total. The lowest BCUT2D eigenvalue weighted by atomic mass is 9.64. The van der Waals surface area contributed by atoms with Crippen molar-refractivity contribution in [3.05, 3.63) is 64.5 Å². The van der Waals surface area contributed by atoms with E-state index in [-0.39, 0.29) is 23.8 Å². The summed E-state index contributed by atoms with van der Waals surface area (Å²) in [5.74, 6) is -0.109. The van der Waals surface area contributed by atoms with E-state index in [1.165, 1.54) is 6.92 Å². The second-order valence-corrected chi connectivity index (χ2v) is 6.82. The van der Waals surface area contributed by atoms with Crippen LogP contribution in [0.5, 0.6) is 5.75 Å². The number of carbonyl (C=O) groups excluding carboxylic acids is 2. The van der Waals surface area contributed by atoms with Crippen molar-refractivity contribution in [1.82, 2.24) is 4.98 Å². The van der Waals surface area contributed by atoms with E-state index in [1.807, 2.05) is 24.3 Å². The first kappa shape index (κ1) is 16.7. The molecule has 0 radical (unpaired) electrons. The Labute approximate surface area is 151 Å². The average molecular weight is 347 g/mol. The molecule has 0 spiro atoms. The first-order valence-electron chi connectivity index (χ1n) is 8.69. The number of pyridine rings is 1. The van der Waals surface area contributed by atoms with E-state index in [0.717, 1.165) is 23.2 Å². The van der Waals surface area contributed by atoms with Crippen molar-refractivity contribution in [2.24, 2.45) is 0 Å². The van der Waals surface area contributed by atoms with E-state index < -0.39 is 7.12 Å². The van der Waals surface area contributed by atoms with Gasteiger partial charge in [-0.05, 0) is 36.6 Å². The Balaban J connectivity index is 1.54. The minimum atomic E-state index is -1.12. The molecule has 0 unspecified atom stereocenters. The highest BCUT2D eigenvalue weighted by atomic mass is 16.5. The predicted octanol–water partition coefficient (Wildman–Crippen LogP) is 2.91. The number of rotatable bonds is 4. The number of fused-ring (bicyclic) bond motifs is 2. The Morgan fingerprint density at radius 2 is 2.23 bits per heavy atom. The second-order valence-electron chi connectivity index (χ2n) is 6.82. The molecule has 0 saturated heterocycles.